The standard InChI is InChI=1S/C18H23FN2O2S2/c1-13(14-5-6-17(23-2)16(19)10-14)21-11-18(22)20-7-9-24-12-15-4-3-8-25-15/h3-6,8,10,13,21H,7,9,11-12H2,1-2H3,(H,20,22). The molecule has 7 heteroatoms. The summed E-state index contributed by atoms with van der Waals surface area (Å²) in [4.78, 5) is 13.2. The first kappa shape index (κ1) is 19.8. The number of rotatable bonds is 10. The van der Waals surface area contributed by atoms with Gasteiger partial charge in [0, 0.05) is 29.0 Å². The monoisotopic (exact) mass is 382 g/mol. The van der Waals surface area contributed by atoms with E-state index in [0.29, 0.717) is 6.54 Å². The zero-order valence-corrected chi connectivity index (χ0v) is 16.0. The van der Waals surface area contributed by atoms with Gasteiger partial charge in [-0.05, 0) is 36.1 Å². The van der Waals surface area contributed by atoms with Crippen molar-refractivity contribution < 1.29 is 13.9 Å². The Morgan fingerprint density at radius 3 is 2.92 bits per heavy atom. The highest BCUT2D eigenvalue weighted by Crippen LogP contribution is 2.21. The number of thiophene rings is 1. The maximum atomic E-state index is 13.7. The van der Waals surface area contributed by atoms with Gasteiger partial charge in [0.2, 0.25) is 5.91 Å². The van der Waals surface area contributed by atoms with Crippen molar-refractivity contribution in [1.82, 2.24) is 10.6 Å². The summed E-state index contributed by atoms with van der Waals surface area (Å²) in [5.74, 6) is 1.61. The maximum absolute atomic E-state index is 13.7. The van der Waals surface area contributed by atoms with Gasteiger partial charge in [-0.2, -0.15) is 11.8 Å². The average Bonchev–Trinajstić information content (AvgIpc) is 3.12. The summed E-state index contributed by atoms with van der Waals surface area (Å²) < 4.78 is 18.6. The Morgan fingerprint density at radius 1 is 1.40 bits per heavy atom. The molecule has 2 rings (SSSR count). The largest absolute Gasteiger partial charge is 0.494 e. The molecular weight excluding hydrogens is 359 g/mol. The van der Waals surface area contributed by atoms with Gasteiger partial charge in [0.25, 0.3) is 0 Å². The molecule has 1 unspecified atom stereocenters. The Balaban J connectivity index is 1.63. The fourth-order valence-corrected chi connectivity index (χ4v) is 3.91. The zero-order chi connectivity index (χ0) is 18.1. The lowest BCUT2D eigenvalue weighted by molar-refractivity contribution is -0.120. The molecule has 0 aliphatic heterocycles. The van der Waals surface area contributed by atoms with Gasteiger partial charge in [0.15, 0.2) is 11.6 Å². The second-order valence-corrected chi connectivity index (χ2v) is 7.62. The summed E-state index contributed by atoms with van der Waals surface area (Å²) in [6, 6.07) is 8.84. The number of nitrogens with one attached hydrogen (secondary N) is 2. The highest BCUT2D eigenvalue weighted by molar-refractivity contribution is 7.98. The van der Waals surface area contributed by atoms with Crippen LogP contribution in [-0.4, -0.2) is 31.9 Å². The highest BCUT2D eigenvalue weighted by Gasteiger charge is 2.10. The van der Waals surface area contributed by atoms with Crippen molar-refractivity contribution in [3.63, 3.8) is 0 Å². The molecule has 1 heterocycles. The lowest BCUT2D eigenvalue weighted by atomic mass is 10.1. The number of hydrogen-bond donors (Lipinski definition) is 2. The van der Waals surface area contributed by atoms with Crippen molar-refractivity contribution in [2.75, 3.05) is 26.0 Å². The molecule has 1 aromatic heterocycles. The summed E-state index contributed by atoms with van der Waals surface area (Å²) in [5, 5.41) is 8.06. The molecule has 0 bridgehead atoms. The van der Waals surface area contributed by atoms with E-state index in [0.717, 1.165) is 17.1 Å². The number of benzene rings is 1. The molecule has 2 aromatic rings. The number of hydrogen-bond acceptors (Lipinski definition) is 5. The van der Waals surface area contributed by atoms with Crippen LogP contribution in [0, 0.1) is 5.82 Å². The van der Waals surface area contributed by atoms with Crippen molar-refractivity contribution in [3.05, 3.63) is 52.0 Å². The van der Waals surface area contributed by atoms with Gasteiger partial charge in [-0.25, -0.2) is 4.39 Å². The minimum absolute atomic E-state index is 0.0578. The molecule has 0 radical (unpaired) electrons. The van der Waals surface area contributed by atoms with E-state index in [1.54, 1.807) is 35.2 Å². The predicted molar refractivity (Wildman–Crippen MR) is 103 cm³/mol. The molecule has 0 aliphatic rings. The number of amides is 1. The van der Waals surface area contributed by atoms with Crippen molar-refractivity contribution in [2.24, 2.45) is 0 Å². The molecule has 0 spiro atoms. The van der Waals surface area contributed by atoms with Crippen LogP contribution in [0.2, 0.25) is 0 Å². The van der Waals surface area contributed by atoms with Crippen molar-refractivity contribution in [3.8, 4) is 5.75 Å². The van der Waals surface area contributed by atoms with Crippen LogP contribution >= 0.6 is 23.1 Å². The average molecular weight is 383 g/mol. The number of carbonyl (C=O) groups excluding carboxylic acids is 1. The molecule has 2 N–H and O–H groups in total. The third kappa shape index (κ3) is 6.68. The molecule has 4 nitrogen and oxygen atoms in total. The zero-order valence-electron chi connectivity index (χ0n) is 14.4. The van der Waals surface area contributed by atoms with Crippen LogP contribution in [0.15, 0.2) is 35.7 Å². The summed E-state index contributed by atoms with van der Waals surface area (Å²) in [7, 11) is 1.43. The maximum Gasteiger partial charge on any atom is 0.234 e. The minimum Gasteiger partial charge on any atom is -0.494 e. The van der Waals surface area contributed by atoms with Gasteiger partial charge >= 0.3 is 0 Å². The van der Waals surface area contributed by atoms with Gasteiger partial charge in [0.1, 0.15) is 0 Å². The second-order valence-electron chi connectivity index (χ2n) is 5.48. The lowest BCUT2D eigenvalue weighted by Crippen LogP contribution is -2.36. The van der Waals surface area contributed by atoms with Crippen LogP contribution < -0.4 is 15.4 Å². The minimum atomic E-state index is -0.402. The van der Waals surface area contributed by atoms with E-state index in [1.807, 2.05) is 13.0 Å². The van der Waals surface area contributed by atoms with E-state index in [1.165, 1.54) is 18.1 Å². The molecule has 1 amide bonds. The molecule has 0 saturated heterocycles. The van der Waals surface area contributed by atoms with Gasteiger partial charge < -0.3 is 15.4 Å². The molecule has 136 valence electrons. The number of carbonyl (C=O) groups is 1. The summed E-state index contributed by atoms with van der Waals surface area (Å²) in [5.41, 5.74) is 0.776. The molecule has 1 atom stereocenters. The Morgan fingerprint density at radius 2 is 2.24 bits per heavy atom. The number of halogens is 1. The van der Waals surface area contributed by atoms with Gasteiger partial charge in [-0.3, -0.25) is 4.79 Å². The van der Waals surface area contributed by atoms with Gasteiger partial charge in [0.05, 0.1) is 13.7 Å². The third-order valence-corrected chi connectivity index (χ3v) is 5.70. The SMILES string of the molecule is COc1ccc(C(C)NCC(=O)NCCSCc2cccs2)cc1F. The van der Waals surface area contributed by atoms with E-state index < -0.39 is 5.82 Å². The van der Waals surface area contributed by atoms with Gasteiger partial charge in [-0.1, -0.05) is 12.1 Å². The molecule has 0 saturated carbocycles. The molecule has 25 heavy (non-hydrogen) atoms. The number of ether oxygens (including phenoxy) is 1. The molecule has 0 fully saturated rings. The van der Waals surface area contributed by atoms with E-state index in [9.17, 15) is 9.18 Å². The Labute approximate surface area is 156 Å². The van der Waals surface area contributed by atoms with E-state index in [-0.39, 0.29) is 24.2 Å². The molecule has 1 aromatic carbocycles. The van der Waals surface area contributed by atoms with Crippen molar-refractivity contribution >= 4 is 29.0 Å². The normalized spacial score (nSPS) is 12.0. The lowest BCUT2D eigenvalue weighted by Gasteiger charge is -2.15. The Kier molecular flexibility index (Phi) is 8.24. The van der Waals surface area contributed by atoms with Crippen LogP contribution in [0.25, 0.3) is 0 Å². The summed E-state index contributed by atoms with van der Waals surface area (Å²) in [6.07, 6.45) is 0. The van der Waals surface area contributed by atoms with Crippen LogP contribution in [0.3, 0.4) is 0 Å². The van der Waals surface area contributed by atoms with E-state index in [2.05, 4.69) is 22.1 Å². The fourth-order valence-electron chi connectivity index (χ4n) is 2.21. The van der Waals surface area contributed by atoms with Crippen molar-refractivity contribution in [1.29, 1.82) is 0 Å². The van der Waals surface area contributed by atoms with Gasteiger partial charge in [-0.15, -0.1) is 11.3 Å². The number of methoxy groups -OCH3 is 1. The van der Waals surface area contributed by atoms with Crippen LogP contribution in [-0.2, 0) is 10.5 Å². The molecular formula is C18H23FN2O2S2. The van der Waals surface area contributed by atoms with Crippen LogP contribution in [0.5, 0.6) is 5.75 Å². The quantitative estimate of drug-likeness (QED) is 0.617. The third-order valence-electron chi connectivity index (χ3n) is 3.64. The van der Waals surface area contributed by atoms with Crippen molar-refractivity contribution in [2.45, 2.75) is 18.7 Å². The Hall–Kier alpha value is -1.57. The van der Waals surface area contributed by atoms with Crippen LogP contribution in [0.1, 0.15) is 23.4 Å². The second kappa shape index (κ2) is 10.4. The van der Waals surface area contributed by atoms with E-state index in [4.69, 9.17) is 4.74 Å². The van der Waals surface area contributed by atoms with E-state index >= 15 is 0 Å². The molecule has 0 aliphatic carbocycles. The first-order chi connectivity index (χ1) is 12.1. The summed E-state index contributed by atoms with van der Waals surface area (Å²) >= 11 is 3.55. The predicted octanol–water partition coefficient (Wildman–Crippen LogP) is 3.60. The first-order valence-corrected chi connectivity index (χ1v) is 10.1. The topological polar surface area (TPSA) is 50.4 Å². The summed E-state index contributed by atoms with van der Waals surface area (Å²) in [6.45, 7) is 2.73. The fraction of sp³-hybridized carbons (Fsp3) is 0.389. The Bertz CT molecular complexity index is 665. The first-order valence-electron chi connectivity index (χ1n) is 8.03. The smallest absolute Gasteiger partial charge is 0.234 e. The van der Waals surface area contributed by atoms with Crippen LogP contribution in [0.4, 0.5) is 4.39 Å². The highest BCUT2D eigenvalue weighted by atomic mass is 32.2. The number of thioether (sulfide) groups is 1.